The van der Waals surface area contributed by atoms with Gasteiger partial charge in [0.1, 0.15) is 13.2 Å². The number of ether oxygens (including phenoxy) is 3. The molecule has 0 aliphatic carbocycles. The third-order valence-corrected chi connectivity index (χ3v) is 3.30. The number of rotatable bonds is 5. The molecule has 1 aromatic rings. The lowest BCUT2D eigenvalue weighted by Gasteiger charge is -2.21. The summed E-state index contributed by atoms with van der Waals surface area (Å²) in [4.78, 5) is 11.9. The number of methoxy groups -OCH3 is 1. The molecule has 1 unspecified atom stereocenters. The third-order valence-electron chi connectivity index (χ3n) is 3.30. The van der Waals surface area contributed by atoms with E-state index in [9.17, 15) is 4.79 Å². The Hall–Kier alpha value is -1.71. The Morgan fingerprint density at radius 2 is 2.05 bits per heavy atom. The quantitative estimate of drug-likeness (QED) is 0.767. The zero-order valence-electron chi connectivity index (χ0n) is 11.5. The minimum absolute atomic E-state index is 0.190. The predicted molar refractivity (Wildman–Crippen MR) is 71.7 cm³/mol. The van der Waals surface area contributed by atoms with E-state index in [2.05, 4.69) is 6.92 Å². The lowest BCUT2D eigenvalue weighted by atomic mass is 9.93. The van der Waals surface area contributed by atoms with Crippen molar-refractivity contribution in [1.29, 1.82) is 0 Å². The van der Waals surface area contributed by atoms with Crippen molar-refractivity contribution < 1.29 is 19.0 Å². The number of hydrogen-bond acceptors (Lipinski definition) is 4. The van der Waals surface area contributed by atoms with Crippen molar-refractivity contribution in [2.75, 3.05) is 20.3 Å². The molecule has 0 fully saturated rings. The Balaban J connectivity index is 2.22. The zero-order valence-corrected chi connectivity index (χ0v) is 11.5. The maximum atomic E-state index is 11.9. The van der Waals surface area contributed by atoms with Gasteiger partial charge in [0.2, 0.25) is 0 Å². The van der Waals surface area contributed by atoms with Gasteiger partial charge in [-0.3, -0.25) is 4.79 Å². The van der Waals surface area contributed by atoms with Gasteiger partial charge in [-0.2, -0.15) is 0 Å². The van der Waals surface area contributed by atoms with Crippen LogP contribution in [0.15, 0.2) is 18.2 Å². The number of unbranched alkanes of at least 4 members (excludes halogenated alkanes) is 1. The van der Waals surface area contributed by atoms with Crippen LogP contribution in [0.1, 0.15) is 37.7 Å². The SMILES string of the molecule is CCCCC(C(=O)OC)c1ccc2c(c1)OCCO2. The van der Waals surface area contributed by atoms with E-state index in [1.54, 1.807) is 0 Å². The maximum Gasteiger partial charge on any atom is 0.313 e. The fraction of sp³-hybridized carbons (Fsp3) is 0.533. The average Bonchev–Trinajstić information content (AvgIpc) is 2.47. The Morgan fingerprint density at radius 3 is 2.74 bits per heavy atom. The van der Waals surface area contributed by atoms with Gasteiger partial charge in [-0.05, 0) is 24.1 Å². The molecule has 19 heavy (non-hydrogen) atoms. The summed E-state index contributed by atoms with van der Waals surface area (Å²) < 4.78 is 15.9. The Kier molecular flexibility index (Phi) is 4.66. The number of benzene rings is 1. The van der Waals surface area contributed by atoms with Crippen LogP contribution in [0.2, 0.25) is 0 Å². The largest absolute Gasteiger partial charge is 0.486 e. The third kappa shape index (κ3) is 3.19. The van der Waals surface area contributed by atoms with Crippen LogP contribution in [0.5, 0.6) is 11.5 Å². The van der Waals surface area contributed by atoms with Crippen molar-refractivity contribution in [3.63, 3.8) is 0 Å². The summed E-state index contributed by atoms with van der Waals surface area (Å²) in [6.45, 7) is 3.23. The first kappa shape index (κ1) is 13.7. The average molecular weight is 264 g/mol. The fourth-order valence-corrected chi connectivity index (χ4v) is 2.25. The molecule has 4 nitrogen and oxygen atoms in total. The van der Waals surface area contributed by atoms with Crippen molar-refractivity contribution in [2.45, 2.75) is 32.1 Å². The van der Waals surface area contributed by atoms with Gasteiger partial charge in [0.25, 0.3) is 0 Å². The standard InChI is InChI=1S/C15H20O4/c1-3-4-5-12(15(16)17-2)11-6-7-13-14(10-11)19-9-8-18-13/h6-7,10,12H,3-5,8-9H2,1-2H3. The molecule has 1 heterocycles. The summed E-state index contributed by atoms with van der Waals surface area (Å²) in [5.41, 5.74) is 0.935. The van der Waals surface area contributed by atoms with E-state index in [-0.39, 0.29) is 11.9 Å². The molecule has 0 bridgehead atoms. The van der Waals surface area contributed by atoms with Gasteiger partial charge in [0, 0.05) is 0 Å². The van der Waals surface area contributed by atoms with E-state index in [1.807, 2.05) is 18.2 Å². The number of fused-ring (bicyclic) bond motifs is 1. The van der Waals surface area contributed by atoms with Crippen LogP contribution in [0.3, 0.4) is 0 Å². The zero-order chi connectivity index (χ0) is 13.7. The van der Waals surface area contributed by atoms with Crippen molar-refractivity contribution in [3.8, 4) is 11.5 Å². The predicted octanol–water partition coefficient (Wildman–Crippen LogP) is 2.90. The van der Waals surface area contributed by atoms with Crippen molar-refractivity contribution in [1.82, 2.24) is 0 Å². The summed E-state index contributed by atoms with van der Waals surface area (Å²) in [5.74, 6) is 1.05. The van der Waals surface area contributed by atoms with Crippen LogP contribution in [0, 0.1) is 0 Å². The molecule has 1 atom stereocenters. The highest BCUT2D eigenvalue weighted by Gasteiger charge is 2.23. The van der Waals surface area contributed by atoms with E-state index in [1.165, 1.54) is 7.11 Å². The molecule has 0 amide bonds. The molecule has 0 saturated carbocycles. The number of carbonyl (C=O) groups excluding carboxylic acids is 1. The normalized spacial score (nSPS) is 14.8. The van der Waals surface area contributed by atoms with Gasteiger partial charge in [-0.1, -0.05) is 25.8 Å². The first-order valence-corrected chi connectivity index (χ1v) is 6.73. The van der Waals surface area contributed by atoms with Crippen LogP contribution in [-0.2, 0) is 9.53 Å². The number of hydrogen-bond donors (Lipinski definition) is 0. The molecular formula is C15H20O4. The Bertz CT molecular complexity index is 442. The van der Waals surface area contributed by atoms with Crippen LogP contribution in [0.25, 0.3) is 0 Å². The summed E-state index contributed by atoms with van der Waals surface area (Å²) in [7, 11) is 1.43. The Morgan fingerprint density at radius 1 is 1.32 bits per heavy atom. The summed E-state index contributed by atoms with van der Waals surface area (Å²) >= 11 is 0. The van der Waals surface area contributed by atoms with Gasteiger partial charge < -0.3 is 14.2 Å². The van der Waals surface area contributed by atoms with Gasteiger partial charge in [0.15, 0.2) is 11.5 Å². The minimum atomic E-state index is -0.222. The van der Waals surface area contributed by atoms with E-state index >= 15 is 0 Å². The molecule has 0 radical (unpaired) electrons. The minimum Gasteiger partial charge on any atom is -0.486 e. The molecule has 0 aromatic heterocycles. The molecule has 0 spiro atoms. The van der Waals surface area contributed by atoms with Crippen molar-refractivity contribution >= 4 is 5.97 Å². The lowest BCUT2D eigenvalue weighted by molar-refractivity contribution is -0.142. The van der Waals surface area contributed by atoms with E-state index in [4.69, 9.17) is 14.2 Å². The second-order valence-electron chi connectivity index (χ2n) is 4.62. The molecule has 0 saturated heterocycles. The van der Waals surface area contributed by atoms with Gasteiger partial charge in [-0.15, -0.1) is 0 Å². The summed E-state index contributed by atoms with van der Waals surface area (Å²) in [5, 5.41) is 0. The first-order chi connectivity index (χ1) is 9.26. The number of esters is 1. The maximum absolute atomic E-state index is 11.9. The molecule has 1 aliphatic rings. The molecule has 2 rings (SSSR count). The van der Waals surface area contributed by atoms with E-state index < -0.39 is 0 Å². The second-order valence-corrected chi connectivity index (χ2v) is 4.62. The first-order valence-electron chi connectivity index (χ1n) is 6.73. The Labute approximate surface area is 113 Å². The monoisotopic (exact) mass is 264 g/mol. The van der Waals surface area contributed by atoms with Crippen molar-refractivity contribution in [2.24, 2.45) is 0 Å². The van der Waals surface area contributed by atoms with Crippen molar-refractivity contribution in [3.05, 3.63) is 23.8 Å². The lowest BCUT2D eigenvalue weighted by Crippen LogP contribution is -2.17. The van der Waals surface area contributed by atoms with E-state index in [0.717, 1.165) is 30.6 Å². The number of carbonyl (C=O) groups is 1. The van der Waals surface area contributed by atoms with Crippen LogP contribution >= 0.6 is 0 Å². The fourth-order valence-electron chi connectivity index (χ4n) is 2.25. The van der Waals surface area contributed by atoms with E-state index in [0.29, 0.717) is 19.0 Å². The summed E-state index contributed by atoms with van der Waals surface area (Å²) in [6.07, 6.45) is 2.84. The van der Waals surface area contributed by atoms with Gasteiger partial charge in [0.05, 0.1) is 13.0 Å². The topological polar surface area (TPSA) is 44.8 Å². The second kappa shape index (κ2) is 6.45. The van der Waals surface area contributed by atoms with Gasteiger partial charge >= 0.3 is 5.97 Å². The molecule has 1 aliphatic heterocycles. The van der Waals surface area contributed by atoms with Crippen LogP contribution in [-0.4, -0.2) is 26.3 Å². The molecule has 104 valence electrons. The highest BCUT2D eigenvalue weighted by Crippen LogP contribution is 2.34. The highest BCUT2D eigenvalue weighted by molar-refractivity contribution is 5.78. The highest BCUT2D eigenvalue weighted by atomic mass is 16.6. The molecule has 1 aromatic carbocycles. The smallest absolute Gasteiger partial charge is 0.313 e. The van der Waals surface area contributed by atoms with Gasteiger partial charge in [-0.25, -0.2) is 0 Å². The van der Waals surface area contributed by atoms with Crippen LogP contribution in [0.4, 0.5) is 0 Å². The molecule has 0 N–H and O–H groups in total. The molecule has 4 heteroatoms. The molecular weight excluding hydrogens is 244 g/mol. The summed E-state index contributed by atoms with van der Waals surface area (Å²) in [6, 6.07) is 5.68. The van der Waals surface area contributed by atoms with Crippen LogP contribution < -0.4 is 9.47 Å².